The molecule has 5 unspecified atom stereocenters. The van der Waals surface area contributed by atoms with Crippen LogP contribution < -0.4 is 56.2 Å². The smallest absolute Gasteiger partial charge is 0.387 e. The van der Waals surface area contributed by atoms with E-state index in [0.29, 0.717) is 22.8 Å². The Morgan fingerprint density at radius 2 is 0.560 bits per heavy atom. The van der Waals surface area contributed by atoms with Crippen LogP contribution in [0.1, 0.15) is 31.1 Å². The van der Waals surface area contributed by atoms with Crippen LogP contribution in [0.5, 0.6) is 0 Å². The number of nitrogens with zero attached hydrogens (tertiary/aromatic N) is 5. The highest BCUT2D eigenvalue weighted by molar-refractivity contribution is 7.48. The van der Waals surface area contributed by atoms with E-state index in [1.165, 1.54) is 0 Å². The first-order valence-corrected chi connectivity index (χ1v) is 35.4. The quantitative estimate of drug-likeness (QED) is 0.0207. The van der Waals surface area contributed by atoms with Crippen LogP contribution in [-0.2, 0) is 87.2 Å². The normalized spacial score (nSPS) is 33.2. The molecule has 16 N–H and O–H groups in total. The number of hydrogen-bond acceptors (Lipinski definition) is 35. The predicted octanol–water partition coefficient (Wildman–Crippen LogP) is -8.94. The van der Waals surface area contributed by atoms with Gasteiger partial charge in [0.1, 0.15) is 98.2 Å². The zero-order valence-corrected chi connectivity index (χ0v) is 54.1. The summed E-state index contributed by atoms with van der Waals surface area (Å²) in [5.41, 5.74) is -11.0. The molecule has 0 amide bonds. The zero-order chi connectivity index (χ0) is 72.8. The number of aliphatic hydroxyl groups is 6. The summed E-state index contributed by atoms with van der Waals surface area (Å²) in [5, 5.41) is 67.2. The largest absolute Gasteiger partial charge is 0.694 e. The van der Waals surface area contributed by atoms with Gasteiger partial charge in [-0.25, -0.2) is 42.2 Å². The van der Waals surface area contributed by atoms with Crippen molar-refractivity contribution in [1.82, 2.24) is 47.8 Å². The summed E-state index contributed by atoms with van der Waals surface area (Å²) in [6.45, 7) is -6.49. The van der Waals surface area contributed by atoms with Gasteiger partial charge < -0.3 is 73.9 Å². The first-order chi connectivity index (χ1) is 46.9. The molecule has 5 aromatic rings. The number of nitrogens with one attached hydrogen (secondary N) is 5. The van der Waals surface area contributed by atoms with Gasteiger partial charge >= 0.3 is 68.0 Å². The van der Waals surface area contributed by atoms with E-state index in [4.69, 9.17) is 59.9 Å². The van der Waals surface area contributed by atoms with Gasteiger partial charge in [-0.05, 0) is 0 Å². The number of aromatic amines is 5. The van der Waals surface area contributed by atoms with Gasteiger partial charge in [0.15, 0.2) is 31.1 Å². The molecule has 0 aromatic carbocycles. The molecule has 10 rings (SSSR count). The van der Waals surface area contributed by atoms with Crippen molar-refractivity contribution in [3.8, 4) is 0 Å². The van der Waals surface area contributed by atoms with E-state index >= 15 is 0 Å². The monoisotopic (exact) mass is 1530 g/mol. The van der Waals surface area contributed by atoms with Gasteiger partial charge in [-0.2, -0.15) is 0 Å². The lowest BCUT2D eigenvalue weighted by Crippen LogP contribution is -2.40. The topological polar surface area (TPSA) is 711 Å². The number of hydrogen-bond donors (Lipinski definition) is 16. The molecule has 5 aromatic heterocycles. The molecule has 0 radical (unpaired) electrons. The minimum atomic E-state index is -5.97. The Hall–Kier alpha value is -6.58. The van der Waals surface area contributed by atoms with Crippen LogP contribution in [0.4, 0.5) is 0 Å². The second-order valence-electron chi connectivity index (χ2n) is 21.7. The molecule has 550 valence electrons. The van der Waals surface area contributed by atoms with Crippen molar-refractivity contribution in [2.24, 2.45) is 0 Å². The number of H-pyrrole nitrogens is 5. The molecule has 100 heavy (non-hydrogen) atoms. The summed E-state index contributed by atoms with van der Waals surface area (Å²) in [6.07, 6.45) is -38.5. The molecule has 5 aliphatic heterocycles. The third-order valence-corrected chi connectivity index (χ3v) is 19.5. The lowest BCUT2D eigenvalue weighted by molar-refractivity contribution is -0.0664. The van der Waals surface area contributed by atoms with Crippen molar-refractivity contribution in [3.05, 3.63) is 166 Å². The van der Waals surface area contributed by atoms with Crippen molar-refractivity contribution >= 4 is 39.5 Å². The molecule has 0 bridgehead atoms. The Balaban J connectivity index is 0.856. The van der Waals surface area contributed by atoms with Crippen molar-refractivity contribution in [2.45, 2.75) is 123 Å². The summed E-state index contributed by atoms with van der Waals surface area (Å²) in [7, 11) is -26.8. The maximum atomic E-state index is 14.0. The highest BCUT2D eigenvalue weighted by Gasteiger charge is 2.56. The molecular weight excluding hydrogens is 1480 g/mol. The fraction of sp³-hybridized carbons (Fsp3) is 0.556. The Kier molecular flexibility index (Phi) is 23.1. The van der Waals surface area contributed by atoms with Crippen LogP contribution in [0.25, 0.3) is 0 Å². The van der Waals surface area contributed by atoms with Crippen molar-refractivity contribution in [1.29, 1.82) is 0 Å². The van der Waals surface area contributed by atoms with E-state index in [1.54, 1.807) is 0 Å². The third-order valence-electron chi connectivity index (χ3n) is 15.2. The number of aliphatic hydroxyl groups excluding tert-OH is 6. The first-order valence-electron chi connectivity index (χ1n) is 28.2. The fourth-order valence-corrected chi connectivity index (χ4v) is 14.8. The number of phosphoric acid groups is 4. The Bertz CT molecular complexity index is 4680. The highest BCUT2D eigenvalue weighted by atomic mass is 31.2. The molecule has 55 heteroatoms. The Morgan fingerprint density at radius 1 is 0.350 bits per heavy atom. The van der Waals surface area contributed by atoms with E-state index in [-0.39, 0.29) is 0 Å². The Morgan fingerprint density at radius 3 is 0.790 bits per heavy atom. The third kappa shape index (κ3) is 17.4. The summed E-state index contributed by atoms with van der Waals surface area (Å²) < 4.78 is 143. The minimum Gasteiger partial charge on any atom is -0.387 e. The lowest BCUT2D eigenvalue weighted by atomic mass is 10.1. The van der Waals surface area contributed by atoms with E-state index < -0.39 is 252 Å². The van der Waals surface area contributed by atoms with E-state index in [2.05, 4.69) is 4.52 Å². The molecule has 5 fully saturated rings. The maximum absolute atomic E-state index is 14.0. The number of rotatable bonds is 28. The molecule has 50 nitrogen and oxygen atoms in total. The second kappa shape index (κ2) is 30.4. The van der Waals surface area contributed by atoms with Crippen LogP contribution in [0, 0.1) is 0 Å². The van der Waals surface area contributed by atoms with Gasteiger partial charge in [0, 0.05) is 65.9 Å². The van der Waals surface area contributed by atoms with Crippen molar-refractivity contribution in [3.63, 3.8) is 0 Å². The number of ether oxygens (including phenoxy) is 5. The molecule has 0 saturated carbocycles. The average molecular weight is 1530 g/mol. The standard InChI is InChI=1S/C45H55N10O40P5/c56-21-1-6-51(41(67)46-21)36-27(62)26(61)16(87-36)12-83-97(74,75)93-33-18(89-38(29(33)64)53-8-3-23(58)48-43(53)69)14-85-99(78,79)95-35-20(91-40(31(35)66)55-10-5-25(60)50-45(55)71)15-86-100(80,81)94-34-19(90-39(30(34)65)54-9-4-24(59)49-44(54)70)13-84-98(76,77)92-32-17(11-82-96(72)73)88-37(28(32)63)52-7-2-22(57)47-42(52)68/h1-10,16-20,26-40,61-66H,11-15H2,(H9-,46,47,48,49,50,56,57,58,59,60,67,68,69,70,71,72,73,74,75,76,77,78,79,80,81)/p+1/t16-,17-,18-,19-,20-,26-,27-,28-,29-,30-,31-,32-,33-,34-,35-,36-,37-,38-,39-,40-/m1/s1. The van der Waals surface area contributed by atoms with Gasteiger partial charge in [0.05, 0.1) is 26.4 Å². The number of phosphoric ester groups is 4. The van der Waals surface area contributed by atoms with Crippen LogP contribution in [-0.4, -0.2) is 227 Å². The molecule has 0 spiro atoms. The van der Waals surface area contributed by atoms with Crippen molar-refractivity contribution in [2.75, 3.05) is 33.0 Å². The molecule has 10 heterocycles. The van der Waals surface area contributed by atoms with E-state index in [9.17, 15) is 126 Å². The maximum Gasteiger partial charge on any atom is 0.694 e. The SMILES string of the molecule is O=c1ccn([C@@H]2O[C@H](COP(=O)(O)O[C@H]3[C@@H](O)[C@H](n4ccc(=O)[nH]c4=O)O[C@@H]3COP(=O)(O)O[C@H]3[C@@H](O)[C@H](n4ccc(=O)[nH]c4=O)O[C@@H]3COP(=O)(O)O[C@H]3[C@@H](O)[C@H](n4ccc(=O)[nH]c4=O)O[C@@H]3COP(=O)(O)O[C@H]3[C@@H](O)[C@H](n4ccc(=O)[nH]c4=O)O[C@@H]3CO[P+](=O)O)[C@@H](O)[C@H]2O)c(=O)[nH]1. The van der Waals surface area contributed by atoms with Crippen LogP contribution in [0.3, 0.4) is 0 Å². The van der Waals surface area contributed by atoms with E-state index in [0.717, 1.165) is 61.3 Å². The van der Waals surface area contributed by atoms with Crippen LogP contribution in [0.2, 0.25) is 0 Å². The second-order valence-corrected chi connectivity index (χ2v) is 28.1. The molecule has 25 atom stereocenters. The van der Waals surface area contributed by atoms with Gasteiger partial charge in [-0.1, -0.05) is 0 Å². The van der Waals surface area contributed by atoms with Crippen LogP contribution >= 0.6 is 39.5 Å². The summed E-state index contributed by atoms with van der Waals surface area (Å²) in [5.74, 6) is 0. The van der Waals surface area contributed by atoms with Gasteiger partial charge in [0.2, 0.25) is 0 Å². The van der Waals surface area contributed by atoms with E-state index in [1.807, 2.05) is 24.9 Å². The molecule has 0 aliphatic carbocycles. The van der Waals surface area contributed by atoms with Gasteiger partial charge in [0.25, 0.3) is 27.8 Å². The summed E-state index contributed by atoms with van der Waals surface area (Å²) >= 11 is 0. The highest BCUT2D eigenvalue weighted by Crippen LogP contribution is 2.55. The molecule has 5 aliphatic rings. The molecule has 5 saturated heterocycles. The van der Waals surface area contributed by atoms with Gasteiger partial charge in [-0.15, -0.1) is 9.42 Å². The van der Waals surface area contributed by atoms with Crippen molar-refractivity contribution < 1.29 is 142 Å². The first kappa shape index (κ1) is 76.1. The van der Waals surface area contributed by atoms with Crippen LogP contribution in [0.15, 0.2) is 109 Å². The Labute approximate surface area is 549 Å². The van der Waals surface area contributed by atoms with Gasteiger partial charge in [-0.3, -0.25) is 108 Å². The summed E-state index contributed by atoms with van der Waals surface area (Å²) in [4.78, 5) is 186. The predicted molar refractivity (Wildman–Crippen MR) is 311 cm³/mol. The summed E-state index contributed by atoms with van der Waals surface area (Å²) in [6, 6.07) is 3.88. The molecular formula is C45H56N10O40P5+. The minimum absolute atomic E-state index is 0.468. The average Bonchev–Trinajstić information content (AvgIpc) is 1.65. The number of aromatic nitrogens is 10. The zero-order valence-electron chi connectivity index (χ0n) is 49.6. The fourth-order valence-electron chi connectivity index (χ4n) is 10.6. The lowest BCUT2D eigenvalue weighted by Gasteiger charge is -2.27.